The molecule has 0 spiro atoms. The van der Waals surface area contributed by atoms with Crippen LogP contribution in [0.5, 0.6) is 0 Å². The van der Waals surface area contributed by atoms with E-state index in [0.29, 0.717) is 6.10 Å². The lowest BCUT2D eigenvalue weighted by Gasteiger charge is -2.14. The summed E-state index contributed by atoms with van der Waals surface area (Å²) in [7, 11) is 1.80. The average molecular weight is 421 g/mol. The molecule has 0 aliphatic carbocycles. The number of aliphatic imine (C=N–C) groups is 1. The maximum Gasteiger partial charge on any atom is 0.191 e. The van der Waals surface area contributed by atoms with Gasteiger partial charge in [-0.1, -0.05) is 18.2 Å². The molecule has 1 aromatic rings. The van der Waals surface area contributed by atoms with Gasteiger partial charge in [0.05, 0.1) is 6.10 Å². The summed E-state index contributed by atoms with van der Waals surface area (Å²) >= 11 is 1.85. The molecule has 1 fully saturated rings. The van der Waals surface area contributed by atoms with Gasteiger partial charge in [0, 0.05) is 37.4 Å². The maximum atomic E-state index is 5.58. The minimum absolute atomic E-state index is 0. The molecular formula is C15H24IN3OS. The Bertz CT molecular complexity index is 411. The molecule has 1 aromatic carbocycles. The highest BCUT2D eigenvalue weighted by molar-refractivity contribution is 14.0. The number of benzene rings is 1. The maximum absolute atomic E-state index is 5.58. The highest BCUT2D eigenvalue weighted by Crippen LogP contribution is 2.15. The molecule has 1 aliphatic rings. The number of halogens is 1. The zero-order chi connectivity index (χ0) is 14.0. The van der Waals surface area contributed by atoms with Crippen LogP contribution in [0.3, 0.4) is 0 Å². The third kappa shape index (κ3) is 7.37. The first-order valence-corrected chi connectivity index (χ1v) is 8.11. The largest absolute Gasteiger partial charge is 0.376 e. The topological polar surface area (TPSA) is 45.7 Å². The second-order valence-electron chi connectivity index (χ2n) is 4.68. The summed E-state index contributed by atoms with van der Waals surface area (Å²) in [6, 6.07) is 10.4. The van der Waals surface area contributed by atoms with Gasteiger partial charge in [0.1, 0.15) is 0 Å². The Kier molecular flexibility index (Phi) is 9.86. The smallest absolute Gasteiger partial charge is 0.191 e. The second kappa shape index (κ2) is 11.1. The van der Waals surface area contributed by atoms with Gasteiger partial charge in [-0.15, -0.1) is 35.7 Å². The monoisotopic (exact) mass is 421 g/mol. The molecule has 1 saturated heterocycles. The molecule has 1 atom stereocenters. The number of nitrogens with zero attached hydrogens (tertiary/aromatic N) is 1. The molecule has 1 aliphatic heterocycles. The molecule has 2 N–H and O–H groups in total. The summed E-state index contributed by atoms with van der Waals surface area (Å²) < 4.78 is 5.58. The van der Waals surface area contributed by atoms with Gasteiger partial charge < -0.3 is 15.4 Å². The van der Waals surface area contributed by atoms with E-state index in [2.05, 4.69) is 39.9 Å². The highest BCUT2D eigenvalue weighted by Gasteiger charge is 2.15. The van der Waals surface area contributed by atoms with E-state index in [9.17, 15) is 0 Å². The minimum atomic E-state index is 0. The molecule has 0 amide bonds. The molecule has 1 unspecified atom stereocenters. The van der Waals surface area contributed by atoms with E-state index in [1.165, 1.54) is 11.3 Å². The van der Waals surface area contributed by atoms with Crippen LogP contribution < -0.4 is 10.6 Å². The molecule has 4 nitrogen and oxygen atoms in total. The predicted octanol–water partition coefficient (Wildman–Crippen LogP) is 2.74. The van der Waals surface area contributed by atoms with Crippen LogP contribution in [0, 0.1) is 0 Å². The summed E-state index contributed by atoms with van der Waals surface area (Å²) in [5, 5.41) is 6.64. The normalized spacial score (nSPS) is 18.1. The molecule has 6 heteroatoms. The standard InChI is InChI=1S/C15H23N3OS.HI/c1-16-15(18-12-13-6-5-10-19-13)17-9-11-20-14-7-3-2-4-8-14;/h2-4,7-8,13H,5-6,9-12H2,1H3,(H2,16,17,18);1H. The Labute approximate surface area is 148 Å². The zero-order valence-corrected chi connectivity index (χ0v) is 15.5. The first-order chi connectivity index (χ1) is 9.88. The van der Waals surface area contributed by atoms with Gasteiger partial charge in [-0.25, -0.2) is 0 Å². The van der Waals surface area contributed by atoms with E-state index in [4.69, 9.17) is 4.74 Å². The Balaban J connectivity index is 0.00000220. The molecule has 21 heavy (non-hydrogen) atoms. The van der Waals surface area contributed by atoms with Crippen LogP contribution in [0.2, 0.25) is 0 Å². The van der Waals surface area contributed by atoms with Crippen LogP contribution in [0.1, 0.15) is 12.8 Å². The fraction of sp³-hybridized carbons (Fsp3) is 0.533. The summed E-state index contributed by atoms with van der Waals surface area (Å²) in [5.74, 6) is 1.87. The van der Waals surface area contributed by atoms with Crippen molar-refractivity contribution in [3.8, 4) is 0 Å². The van der Waals surface area contributed by atoms with Crippen molar-refractivity contribution >= 4 is 41.7 Å². The fourth-order valence-corrected chi connectivity index (χ4v) is 2.88. The first kappa shape index (κ1) is 18.6. The van der Waals surface area contributed by atoms with Gasteiger partial charge in [0.25, 0.3) is 0 Å². The minimum Gasteiger partial charge on any atom is -0.376 e. The van der Waals surface area contributed by atoms with Gasteiger partial charge in [0.2, 0.25) is 0 Å². The van der Waals surface area contributed by atoms with Crippen molar-refractivity contribution in [3.63, 3.8) is 0 Å². The molecule has 0 aromatic heterocycles. The Hall–Kier alpha value is -0.470. The lowest BCUT2D eigenvalue weighted by molar-refractivity contribution is 0.114. The molecule has 1 heterocycles. The van der Waals surface area contributed by atoms with Gasteiger partial charge in [-0.3, -0.25) is 4.99 Å². The molecule has 0 radical (unpaired) electrons. The van der Waals surface area contributed by atoms with Crippen molar-refractivity contribution < 1.29 is 4.74 Å². The van der Waals surface area contributed by atoms with E-state index in [1.807, 2.05) is 17.8 Å². The van der Waals surface area contributed by atoms with Gasteiger partial charge in [-0.05, 0) is 25.0 Å². The van der Waals surface area contributed by atoms with E-state index in [-0.39, 0.29) is 24.0 Å². The number of thioether (sulfide) groups is 1. The number of nitrogens with one attached hydrogen (secondary N) is 2. The van der Waals surface area contributed by atoms with E-state index in [0.717, 1.165) is 37.8 Å². The number of rotatable bonds is 6. The fourth-order valence-electron chi connectivity index (χ4n) is 2.09. The van der Waals surface area contributed by atoms with E-state index in [1.54, 1.807) is 7.05 Å². The molecular weight excluding hydrogens is 397 g/mol. The van der Waals surface area contributed by atoms with Crippen LogP contribution in [0.4, 0.5) is 0 Å². The molecule has 0 bridgehead atoms. The van der Waals surface area contributed by atoms with Gasteiger partial charge in [0.15, 0.2) is 5.96 Å². The summed E-state index contributed by atoms with van der Waals surface area (Å²) in [4.78, 5) is 5.53. The number of hydrogen-bond acceptors (Lipinski definition) is 3. The van der Waals surface area contributed by atoms with Gasteiger partial charge >= 0.3 is 0 Å². The van der Waals surface area contributed by atoms with Crippen molar-refractivity contribution in [2.45, 2.75) is 23.8 Å². The number of guanidine groups is 1. The molecule has 118 valence electrons. The van der Waals surface area contributed by atoms with E-state index < -0.39 is 0 Å². The van der Waals surface area contributed by atoms with Crippen molar-refractivity contribution in [1.82, 2.24) is 10.6 Å². The summed E-state index contributed by atoms with van der Waals surface area (Å²) in [5.41, 5.74) is 0. The van der Waals surface area contributed by atoms with Crippen LogP contribution in [0.25, 0.3) is 0 Å². The van der Waals surface area contributed by atoms with Crippen LogP contribution in [0.15, 0.2) is 40.2 Å². The first-order valence-electron chi connectivity index (χ1n) is 7.12. The second-order valence-corrected chi connectivity index (χ2v) is 5.84. The summed E-state index contributed by atoms with van der Waals surface area (Å²) in [6.07, 6.45) is 2.66. The van der Waals surface area contributed by atoms with Crippen LogP contribution in [-0.4, -0.2) is 44.6 Å². The number of ether oxygens (including phenoxy) is 1. The quantitative estimate of drug-likeness (QED) is 0.244. The highest BCUT2D eigenvalue weighted by atomic mass is 127. The lowest BCUT2D eigenvalue weighted by atomic mass is 10.2. The number of hydrogen-bond donors (Lipinski definition) is 2. The van der Waals surface area contributed by atoms with Gasteiger partial charge in [-0.2, -0.15) is 0 Å². The van der Waals surface area contributed by atoms with Crippen LogP contribution >= 0.6 is 35.7 Å². The third-order valence-electron chi connectivity index (χ3n) is 3.15. The van der Waals surface area contributed by atoms with Crippen molar-refractivity contribution in [3.05, 3.63) is 30.3 Å². The van der Waals surface area contributed by atoms with E-state index >= 15 is 0 Å². The molecule has 0 saturated carbocycles. The average Bonchev–Trinajstić information content (AvgIpc) is 3.01. The van der Waals surface area contributed by atoms with Crippen molar-refractivity contribution in [1.29, 1.82) is 0 Å². The van der Waals surface area contributed by atoms with Crippen LogP contribution in [-0.2, 0) is 4.74 Å². The van der Waals surface area contributed by atoms with Crippen molar-refractivity contribution in [2.24, 2.45) is 4.99 Å². The SMILES string of the molecule is CN=C(NCCSc1ccccc1)NCC1CCCO1.I. The predicted molar refractivity (Wildman–Crippen MR) is 101 cm³/mol. The Morgan fingerprint density at radius 3 is 2.81 bits per heavy atom. The Morgan fingerprint density at radius 2 is 2.14 bits per heavy atom. The zero-order valence-electron chi connectivity index (χ0n) is 12.4. The third-order valence-corrected chi connectivity index (χ3v) is 4.16. The lowest BCUT2D eigenvalue weighted by Crippen LogP contribution is -2.41. The van der Waals surface area contributed by atoms with Crippen molar-refractivity contribution in [2.75, 3.05) is 32.5 Å². The summed E-state index contributed by atoms with van der Waals surface area (Å²) in [6.45, 7) is 2.63. The molecule has 2 rings (SSSR count). The Morgan fingerprint density at radius 1 is 1.33 bits per heavy atom.